The predicted molar refractivity (Wildman–Crippen MR) is 60.6 cm³/mol. The minimum atomic E-state index is -4.20. The van der Waals surface area contributed by atoms with E-state index in [0.717, 1.165) is 0 Å². The molecule has 0 aliphatic heterocycles. The van der Waals surface area contributed by atoms with Crippen LogP contribution in [0.4, 0.5) is 17.6 Å². The third-order valence-corrected chi connectivity index (χ3v) is 2.35. The Balaban J connectivity index is 0.00000256. The van der Waals surface area contributed by atoms with Gasteiger partial charge in [0.05, 0.1) is 0 Å². The van der Waals surface area contributed by atoms with Gasteiger partial charge < -0.3 is 5.73 Å². The summed E-state index contributed by atoms with van der Waals surface area (Å²) in [7, 11) is 0. The Hall–Kier alpha value is -0.810. The van der Waals surface area contributed by atoms with E-state index in [-0.39, 0.29) is 24.6 Å². The molecule has 0 fully saturated rings. The fourth-order valence-electron chi connectivity index (χ4n) is 1.38. The summed E-state index contributed by atoms with van der Waals surface area (Å²) < 4.78 is 48.8. The summed E-state index contributed by atoms with van der Waals surface area (Å²) in [4.78, 5) is 0. The van der Waals surface area contributed by atoms with E-state index in [1.165, 1.54) is 18.2 Å². The van der Waals surface area contributed by atoms with Gasteiger partial charge in [0.25, 0.3) is 0 Å². The largest absolute Gasteiger partial charge is 0.389 e. The number of alkyl halides is 3. The summed E-state index contributed by atoms with van der Waals surface area (Å²) in [5.74, 6) is -0.383. The summed E-state index contributed by atoms with van der Waals surface area (Å²) in [5.41, 5.74) is 6.52. The lowest BCUT2D eigenvalue weighted by Crippen LogP contribution is -2.16. The van der Waals surface area contributed by atoms with E-state index in [4.69, 9.17) is 5.73 Å². The van der Waals surface area contributed by atoms with Gasteiger partial charge in [-0.05, 0) is 30.5 Å². The van der Waals surface area contributed by atoms with E-state index in [9.17, 15) is 17.6 Å². The van der Waals surface area contributed by atoms with Crippen molar-refractivity contribution in [2.75, 3.05) is 0 Å². The monoisotopic (exact) mass is 271 g/mol. The molecular formula is C11H14ClF4N. The molecule has 17 heavy (non-hydrogen) atoms. The molecule has 0 amide bonds. The fraction of sp³-hybridized carbons (Fsp3) is 0.455. The third-order valence-electron chi connectivity index (χ3n) is 2.35. The third kappa shape index (κ3) is 5.37. The highest BCUT2D eigenvalue weighted by Gasteiger charge is 2.27. The van der Waals surface area contributed by atoms with Gasteiger partial charge in [-0.15, -0.1) is 12.4 Å². The summed E-state index contributed by atoms with van der Waals surface area (Å²) in [6, 6.07) is 3.42. The molecule has 2 N–H and O–H groups in total. The van der Waals surface area contributed by atoms with E-state index in [0.29, 0.717) is 11.1 Å². The molecular weight excluding hydrogens is 258 g/mol. The van der Waals surface area contributed by atoms with Gasteiger partial charge in [-0.2, -0.15) is 13.2 Å². The number of rotatable bonds is 3. The maximum absolute atomic E-state index is 12.9. The standard InChI is InChI=1S/C11H13F4N.ClH/c1-7-6-8(2-3-9(7)12)10(16)4-5-11(13,14)15;/h2-3,6,10H,4-5,16H2,1H3;1H/t10-;/m1./s1. The Kier molecular flexibility index (Phi) is 5.92. The number of aryl methyl sites for hydroxylation is 1. The second-order valence-electron chi connectivity index (χ2n) is 3.77. The predicted octanol–water partition coefficient (Wildman–Crippen LogP) is 3.90. The highest BCUT2D eigenvalue weighted by atomic mass is 35.5. The van der Waals surface area contributed by atoms with Crippen molar-refractivity contribution in [1.29, 1.82) is 0 Å². The quantitative estimate of drug-likeness (QED) is 0.829. The molecule has 98 valence electrons. The van der Waals surface area contributed by atoms with E-state index < -0.39 is 18.6 Å². The van der Waals surface area contributed by atoms with Gasteiger partial charge in [-0.1, -0.05) is 12.1 Å². The van der Waals surface area contributed by atoms with Crippen LogP contribution in [0.3, 0.4) is 0 Å². The molecule has 0 radical (unpaired) electrons. The molecule has 1 aromatic carbocycles. The van der Waals surface area contributed by atoms with Crippen LogP contribution in [0.2, 0.25) is 0 Å². The minimum absolute atomic E-state index is 0. The van der Waals surface area contributed by atoms with Gasteiger partial charge in [-0.3, -0.25) is 0 Å². The molecule has 0 aliphatic carbocycles. The van der Waals surface area contributed by atoms with Crippen LogP contribution in [0.1, 0.15) is 30.0 Å². The number of halogens is 5. The van der Waals surface area contributed by atoms with Crippen molar-refractivity contribution in [2.45, 2.75) is 32.0 Å². The maximum atomic E-state index is 12.9. The second kappa shape index (κ2) is 6.21. The molecule has 1 rings (SSSR count). The summed E-state index contributed by atoms with van der Waals surface area (Å²) in [6.45, 7) is 1.55. The van der Waals surface area contributed by atoms with Crippen LogP contribution in [-0.2, 0) is 0 Å². The van der Waals surface area contributed by atoms with Crippen LogP contribution in [0.5, 0.6) is 0 Å². The van der Waals surface area contributed by atoms with Gasteiger partial charge in [0, 0.05) is 12.5 Å². The van der Waals surface area contributed by atoms with Gasteiger partial charge >= 0.3 is 6.18 Å². The van der Waals surface area contributed by atoms with Crippen molar-refractivity contribution in [3.05, 3.63) is 35.1 Å². The molecule has 0 heterocycles. The molecule has 0 aromatic heterocycles. The summed E-state index contributed by atoms with van der Waals surface area (Å²) in [6.07, 6.45) is -5.31. The van der Waals surface area contributed by atoms with Crippen LogP contribution in [0.25, 0.3) is 0 Å². The zero-order valence-corrected chi connectivity index (χ0v) is 10.0. The molecule has 0 spiro atoms. The first-order chi connectivity index (χ1) is 7.29. The average molecular weight is 272 g/mol. The van der Waals surface area contributed by atoms with Crippen LogP contribution < -0.4 is 5.73 Å². The molecule has 0 aliphatic rings. The Morgan fingerprint density at radius 3 is 2.35 bits per heavy atom. The lowest BCUT2D eigenvalue weighted by molar-refractivity contribution is -0.136. The van der Waals surface area contributed by atoms with Crippen molar-refractivity contribution in [3.63, 3.8) is 0 Å². The van der Waals surface area contributed by atoms with Gasteiger partial charge in [0.2, 0.25) is 0 Å². The van der Waals surface area contributed by atoms with Crippen LogP contribution >= 0.6 is 12.4 Å². The maximum Gasteiger partial charge on any atom is 0.389 e. The van der Waals surface area contributed by atoms with Crippen molar-refractivity contribution in [1.82, 2.24) is 0 Å². The summed E-state index contributed by atoms with van der Waals surface area (Å²) in [5, 5.41) is 0. The van der Waals surface area contributed by atoms with Gasteiger partial charge in [-0.25, -0.2) is 4.39 Å². The smallest absolute Gasteiger partial charge is 0.324 e. The van der Waals surface area contributed by atoms with Crippen molar-refractivity contribution in [3.8, 4) is 0 Å². The first-order valence-corrected chi connectivity index (χ1v) is 4.88. The van der Waals surface area contributed by atoms with Crippen LogP contribution in [0, 0.1) is 12.7 Å². The number of nitrogens with two attached hydrogens (primary N) is 1. The SMILES string of the molecule is Cc1cc([C@H](N)CCC(F)(F)F)ccc1F.Cl. The highest BCUT2D eigenvalue weighted by molar-refractivity contribution is 5.85. The molecule has 0 saturated carbocycles. The first-order valence-electron chi connectivity index (χ1n) is 4.88. The van der Waals surface area contributed by atoms with Gasteiger partial charge in [0.1, 0.15) is 5.82 Å². The van der Waals surface area contributed by atoms with E-state index >= 15 is 0 Å². The molecule has 1 aromatic rings. The Morgan fingerprint density at radius 1 is 1.29 bits per heavy atom. The molecule has 1 nitrogen and oxygen atoms in total. The first kappa shape index (κ1) is 16.2. The molecule has 1 atom stereocenters. The lowest BCUT2D eigenvalue weighted by atomic mass is 10.0. The number of benzene rings is 1. The van der Waals surface area contributed by atoms with Crippen molar-refractivity contribution in [2.24, 2.45) is 5.73 Å². The zero-order chi connectivity index (χ0) is 12.3. The average Bonchev–Trinajstić information content (AvgIpc) is 2.17. The van der Waals surface area contributed by atoms with Crippen molar-refractivity contribution >= 4 is 12.4 Å². The second-order valence-corrected chi connectivity index (χ2v) is 3.77. The number of hydrogen-bond donors (Lipinski definition) is 1. The topological polar surface area (TPSA) is 26.0 Å². The van der Waals surface area contributed by atoms with Crippen LogP contribution in [-0.4, -0.2) is 6.18 Å². The fourth-order valence-corrected chi connectivity index (χ4v) is 1.38. The summed E-state index contributed by atoms with van der Waals surface area (Å²) >= 11 is 0. The van der Waals surface area contributed by atoms with Crippen molar-refractivity contribution < 1.29 is 17.6 Å². The zero-order valence-electron chi connectivity index (χ0n) is 9.22. The number of hydrogen-bond acceptors (Lipinski definition) is 1. The molecule has 0 unspecified atom stereocenters. The van der Waals surface area contributed by atoms with E-state index in [2.05, 4.69) is 0 Å². The molecule has 0 saturated heterocycles. The lowest BCUT2D eigenvalue weighted by Gasteiger charge is -2.14. The van der Waals surface area contributed by atoms with Crippen LogP contribution in [0.15, 0.2) is 18.2 Å². The van der Waals surface area contributed by atoms with E-state index in [1.54, 1.807) is 6.92 Å². The van der Waals surface area contributed by atoms with Gasteiger partial charge in [0.15, 0.2) is 0 Å². The molecule has 6 heteroatoms. The Labute approximate surface area is 103 Å². The molecule has 0 bridgehead atoms. The minimum Gasteiger partial charge on any atom is -0.324 e. The Bertz CT molecular complexity index is 365. The normalized spacial score (nSPS) is 13.1. The van der Waals surface area contributed by atoms with E-state index in [1.807, 2.05) is 0 Å². The highest BCUT2D eigenvalue weighted by Crippen LogP contribution is 2.26. The Morgan fingerprint density at radius 2 is 1.88 bits per heavy atom.